The predicted molar refractivity (Wildman–Crippen MR) is 76.1 cm³/mol. The summed E-state index contributed by atoms with van der Waals surface area (Å²) in [6, 6.07) is 4.60. The molecule has 1 fully saturated rings. The van der Waals surface area contributed by atoms with Crippen molar-refractivity contribution in [1.82, 2.24) is 0 Å². The lowest BCUT2D eigenvalue weighted by Gasteiger charge is -2.20. The van der Waals surface area contributed by atoms with Crippen LogP contribution in [0.4, 0.5) is 4.39 Å². The standard InChI is InChI=1S/C12H13F.C5H10/c1-5-9-8-10(13)6-7-11(9)12(2,3)4;1-2-5-3-4-5/h1,6-8H,2-4H3;5H,2-4H2,1H3. The Morgan fingerprint density at radius 2 is 1.94 bits per heavy atom. The van der Waals surface area contributed by atoms with Crippen LogP contribution >= 0.6 is 0 Å². The van der Waals surface area contributed by atoms with Gasteiger partial charge in [-0.1, -0.05) is 58.9 Å². The van der Waals surface area contributed by atoms with Gasteiger partial charge in [-0.05, 0) is 29.0 Å². The van der Waals surface area contributed by atoms with Gasteiger partial charge in [0.1, 0.15) is 5.82 Å². The van der Waals surface area contributed by atoms with Gasteiger partial charge in [0.15, 0.2) is 0 Å². The van der Waals surface area contributed by atoms with Crippen molar-refractivity contribution in [2.45, 2.75) is 52.4 Å². The highest BCUT2D eigenvalue weighted by Crippen LogP contribution is 2.31. The molecule has 0 bridgehead atoms. The van der Waals surface area contributed by atoms with Crippen LogP contribution in [-0.4, -0.2) is 0 Å². The van der Waals surface area contributed by atoms with E-state index in [0.29, 0.717) is 5.56 Å². The molecule has 1 aliphatic rings. The van der Waals surface area contributed by atoms with Crippen LogP contribution in [0.2, 0.25) is 0 Å². The van der Waals surface area contributed by atoms with E-state index in [0.717, 1.165) is 11.5 Å². The first-order chi connectivity index (χ1) is 8.38. The van der Waals surface area contributed by atoms with Gasteiger partial charge in [0, 0.05) is 5.56 Å². The third kappa shape index (κ3) is 4.53. The Labute approximate surface area is 111 Å². The van der Waals surface area contributed by atoms with Crippen LogP contribution < -0.4 is 0 Å². The Morgan fingerprint density at radius 1 is 1.33 bits per heavy atom. The van der Waals surface area contributed by atoms with Gasteiger partial charge in [0.05, 0.1) is 0 Å². The second kappa shape index (κ2) is 6.05. The zero-order valence-electron chi connectivity index (χ0n) is 11.9. The van der Waals surface area contributed by atoms with E-state index in [-0.39, 0.29) is 11.2 Å². The molecule has 0 atom stereocenters. The van der Waals surface area contributed by atoms with E-state index in [1.54, 1.807) is 6.07 Å². The third-order valence-electron chi connectivity index (χ3n) is 3.22. The van der Waals surface area contributed by atoms with Crippen molar-refractivity contribution in [3.8, 4) is 12.3 Å². The highest BCUT2D eigenvalue weighted by molar-refractivity contribution is 5.43. The second-order valence-electron chi connectivity index (χ2n) is 5.94. The maximum absolute atomic E-state index is 12.8. The highest BCUT2D eigenvalue weighted by atomic mass is 19.1. The molecular weight excluding hydrogens is 223 g/mol. The topological polar surface area (TPSA) is 0 Å². The summed E-state index contributed by atoms with van der Waals surface area (Å²) < 4.78 is 12.8. The van der Waals surface area contributed by atoms with Crippen LogP contribution in [0, 0.1) is 24.1 Å². The molecule has 0 unspecified atom stereocenters. The van der Waals surface area contributed by atoms with Gasteiger partial charge in [-0.2, -0.15) is 0 Å². The van der Waals surface area contributed by atoms with Crippen LogP contribution in [0.25, 0.3) is 0 Å². The van der Waals surface area contributed by atoms with Crippen LogP contribution in [-0.2, 0) is 5.41 Å². The largest absolute Gasteiger partial charge is 0.207 e. The monoisotopic (exact) mass is 246 g/mol. The average molecular weight is 246 g/mol. The summed E-state index contributed by atoms with van der Waals surface area (Å²) in [5.74, 6) is 3.36. The molecule has 1 aliphatic carbocycles. The Kier molecular flexibility index (Phi) is 4.96. The molecule has 18 heavy (non-hydrogen) atoms. The second-order valence-corrected chi connectivity index (χ2v) is 5.94. The van der Waals surface area contributed by atoms with Crippen LogP contribution in [0.15, 0.2) is 18.2 Å². The van der Waals surface area contributed by atoms with Gasteiger partial charge in [-0.3, -0.25) is 0 Å². The lowest BCUT2D eigenvalue weighted by atomic mass is 9.84. The number of rotatable bonds is 1. The molecule has 0 amide bonds. The molecule has 0 saturated heterocycles. The highest BCUT2D eigenvalue weighted by Gasteiger charge is 2.17. The molecule has 1 aromatic rings. The fraction of sp³-hybridized carbons (Fsp3) is 0.529. The van der Waals surface area contributed by atoms with Crippen LogP contribution in [0.3, 0.4) is 0 Å². The van der Waals surface area contributed by atoms with E-state index < -0.39 is 0 Å². The number of halogens is 1. The summed E-state index contributed by atoms with van der Waals surface area (Å²) >= 11 is 0. The summed E-state index contributed by atoms with van der Waals surface area (Å²) in [5, 5.41) is 0. The maximum atomic E-state index is 12.8. The molecule has 2 rings (SSSR count). The minimum atomic E-state index is -0.277. The van der Waals surface area contributed by atoms with Crippen molar-refractivity contribution in [2.75, 3.05) is 0 Å². The zero-order valence-corrected chi connectivity index (χ0v) is 11.9. The van der Waals surface area contributed by atoms with Gasteiger partial charge in [0.2, 0.25) is 0 Å². The minimum absolute atomic E-state index is 0.0323. The molecule has 0 radical (unpaired) electrons. The third-order valence-corrected chi connectivity index (χ3v) is 3.22. The van der Waals surface area contributed by atoms with E-state index >= 15 is 0 Å². The molecule has 1 aromatic carbocycles. The van der Waals surface area contributed by atoms with Crippen molar-refractivity contribution in [3.05, 3.63) is 35.1 Å². The summed E-state index contributed by atoms with van der Waals surface area (Å²) in [6.07, 6.45) is 9.74. The first-order valence-corrected chi connectivity index (χ1v) is 6.65. The van der Waals surface area contributed by atoms with E-state index in [4.69, 9.17) is 6.42 Å². The van der Waals surface area contributed by atoms with Gasteiger partial charge in [-0.25, -0.2) is 4.39 Å². The fourth-order valence-electron chi connectivity index (χ4n) is 1.82. The summed E-state index contributed by atoms with van der Waals surface area (Å²) in [6.45, 7) is 8.43. The summed E-state index contributed by atoms with van der Waals surface area (Å²) in [5.41, 5.74) is 1.62. The number of terminal acetylenes is 1. The van der Waals surface area contributed by atoms with E-state index in [2.05, 4.69) is 33.6 Å². The normalized spacial score (nSPS) is 14.4. The molecule has 0 nitrogen and oxygen atoms in total. The van der Waals surface area contributed by atoms with Crippen LogP contribution in [0.1, 0.15) is 58.1 Å². The first kappa shape index (κ1) is 14.8. The smallest absolute Gasteiger partial charge is 0.124 e. The fourth-order valence-corrected chi connectivity index (χ4v) is 1.82. The maximum Gasteiger partial charge on any atom is 0.124 e. The van der Waals surface area contributed by atoms with Crippen molar-refractivity contribution < 1.29 is 4.39 Å². The van der Waals surface area contributed by atoms with Gasteiger partial charge in [0.25, 0.3) is 0 Å². The SMILES string of the molecule is C#Cc1cc(F)ccc1C(C)(C)C.CCC1CC1. The predicted octanol–water partition coefficient (Wildman–Crippen LogP) is 4.91. The lowest BCUT2D eigenvalue weighted by molar-refractivity contribution is 0.581. The van der Waals surface area contributed by atoms with Crippen molar-refractivity contribution in [2.24, 2.45) is 5.92 Å². The Balaban J connectivity index is 0.000000269. The van der Waals surface area contributed by atoms with Crippen molar-refractivity contribution >= 4 is 0 Å². The van der Waals surface area contributed by atoms with Crippen LogP contribution in [0.5, 0.6) is 0 Å². The molecule has 98 valence electrons. The van der Waals surface area contributed by atoms with Gasteiger partial charge in [-0.15, -0.1) is 6.42 Å². The number of hydrogen-bond donors (Lipinski definition) is 0. The summed E-state index contributed by atoms with van der Waals surface area (Å²) in [7, 11) is 0. The van der Waals surface area contributed by atoms with Crippen molar-refractivity contribution in [1.29, 1.82) is 0 Å². The molecule has 0 aromatic heterocycles. The molecule has 0 aliphatic heterocycles. The van der Waals surface area contributed by atoms with Gasteiger partial charge < -0.3 is 0 Å². The summed E-state index contributed by atoms with van der Waals surface area (Å²) in [4.78, 5) is 0. The molecule has 1 saturated carbocycles. The first-order valence-electron chi connectivity index (χ1n) is 6.65. The van der Waals surface area contributed by atoms with E-state index in [1.807, 2.05) is 0 Å². The molecule has 0 heterocycles. The molecular formula is C17H23F. The lowest BCUT2D eigenvalue weighted by Crippen LogP contribution is -2.13. The Morgan fingerprint density at radius 3 is 2.28 bits per heavy atom. The van der Waals surface area contributed by atoms with E-state index in [9.17, 15) is 4.39 Å². The Hall–Kier alpha value is -1.29. The average Bonchev–Trinajstić information content (AvgIpc) is 3.11. The number of benzene rings is 1. The minimum Gasteiger partial charge on any atom is -0.207 e. The zero-order chi connectivity index (χ0) is 13.8. The van der Waals surface area contributed by atoms with Crippen molar-refractivity contribution in [3.63, 3.8) is 0 Å². The quantitative estimate of drug-likeness (QED) is 0.617. The van der Waals surface area contributed by atoms with Gasteiger partial charge >= 0.3 is 0 Å². The molecule has 0 N–H and O–H groups in total. The molecule has 1 heteroatoms. The number of hydrogen-bond acceptors (Lipinski definition) is 0. The molecule has 0 spiro atoms. The Bertz CT molecular complexity index is 428. The van der Waals surface area contributed by atoms with E-state index in [1.165, 1.54) is 31.4 Å².